The first kappa shape index (κ1) is 10.0. The first-order chi connectivity index (χ1) is 5.59. The highest BCUT2D eigenvalue weighted by molar-refractivity contribution is 9.11. The van der Waals surface area contributed by atoms with Gasteiger partial charge in [0.2, 0.25) is 0 Å². The first-order valence-corrected chi connectivity index (χ1v) is 4.98. The third-order valence-corrected chi connectivity index (χ3v) is 2.34. The summed E-state index contributed by atoms with van der Waals surface area (Å²) in [6.07, 6.45) is -0.796. The van der Waals surface area contributed by atoms with Gasteiger partial charge in [-0.05, 0) is 41.1 Å². The van der Waals surface area contributed by atoms with Gasteiger partial charge in [-0.25, -0.2) is 0 Å². The van der Waals surface area contributed by atoms with E-state index >= 15 is 0 Å². The first-order valence-electron chi connectivity index (χ1n) is 3.39. The van der Waals surface area contributed by atoms with Crippen molar-refractivity contribution >= 4 is 31.9 Å². The normalized spacial score (nSPS) is 12.7. The molecule has 0 aromatic heterocycles. The average molecular weight is 296 g/mol. The van der Waals surface area contributed by atoms with Crippen molar-refractivity contribution in [2.24, 2.45) is 0 Å². The van der Waals surface area contributed by atoms with Crippen LogP contribution in [0.1, 0.15) is 6.92 Å². The summed E-state index contributed by atoms with van der Waals surface area (Å²) < 4.78 is 6.85. The van der Waals surface area contributed by atoms with E-state index in [-0.39, 0.29) is 0 Å². The van der Waals surface area contributed by atoms with Crippen LogP contribution in [-0.2, 0) is 0 Å². The molecule has 12 heavy (non-hydrogen) atoms. The van der Waals surface area contributed by atoms with Crippen molar-refractivity contribution in [2.75, 3.05) is 0 Å². The molecule has 2 nitrogen and oxygen atoms in total. The van der Waals surface area contributed by atoms with Crippen LogP contribution in [0.3, 0.4) is 0 Å². The Balaban J connectivity index is 2.90. The molecular formula is C8H8Br2O2. The Morgan fingerprint density at radius 1 is 1.42 bits per heavy atom. The van der Waals surface area contributed by atoms with E-state index in [1.54, 1.807) is 13.0 Å². The predicted molar refractivity (Wildman–Crippen MR) is 54.2 cm³/mol. The molecule has 0 saturated carbocycles. The lowest BCUT2D eigenvalue weighted by Crippen LogP contribution is -2.09. The fourth-order valence-corrected chi connectivity index (χ4v) is 1.43. The standard InChI is InChI=1S/C8H8Br2O2/c1-5(11)12-8-4-6(9)2-3-7(8)10/h2-5,11H,1H3. The minimum atomic E-state index is -0.796. The molecule has 66 valence electrons. The molecule has 0 aliphatic rings. The Bertz CT molecular complexity index is 274. The molecule has 0 heterocycles. The van der Waals surface area contributed by atoms with Gasteiger partial charge >= 0.3 is 0 Å². The number of benzene rings is 1. The summed E-state index contributed by atoms with van der Waals surface area (Å²) in [5.41, 5.74) is 0. The second-order valence-electron chi connectivity index (χ2n) is 2.29. The second kappa shape index (κ2) is 4.25. The van der Waals surface area contributed by atoms with E-state index in [4.69, 9.17) is 9.84 Å². The summed E-state index contributed by atoms with van der Waals surface area (Å²) in [5.74, 6) is 0.624. The third-order valence-electron chi connectivity index (χ3n) is 1.19. The van der Waals surface area contributed by atoms with Gasteiger partial charge in [-0.2, -0.15) is 0 Å². The SMILES string of the molecule is CC(O)Oc1cc(Br)ccc1Br. The largest absolute Gasteiger partial charge is 0.464 e. The molecule has 0 spiro atoms. The van der Waals surface area contributed by atoms with Crippen LogP contribution in [0.25, 0.3) is 0 Å². The van der Waals surface area contributed by atoms with Crippen LogP contribution in [0.2, 0.25) is 0 Å². The number of hydrogen-bond acceptors (Lipinski definition) is 2. The van der Waals surface area contributed by atoms with Crippen LogP contribution < -0.4 is 4.74 Å². The molecule has 0 amide bonds. The fraction of sp³-hybridized carbons (Fsp3) is 0.250. The zero-order valence-electron chi connectivity index (χ0n) is 6.42. The quantitative estimate of drug-likeness (QED) is 0.850. The maximum atomic E-state index is 8.96. The van der Waals surface area contributed by atoms with Crippen molar-refractivity contribution in [3.05, 3.63) is 27.1 Å². The lowest BCUT2D eigenvalue weighted by Gasteiger charge is -2.10. The van der Waals surface area contributed by atoms with Crippen molar-refractivity contribution in [3.8, 4) is 5.75 Å². The van der Waals surface area contributed by atoms with E-state index in [2.05, 4.69) is 31.9 Å². The minimum Gasteiger partial charge on any atom is -0.464 e. The Hall–Kier alpha value is -0.0600. The van der Waals surface area contributed by atoms with Crippen LogP contribution in [0.5, 0.6) is 5.75 Å². The van der Waals surface area contributed by atoms with Crippen molar-refractivity contribution < 1.29 is 9.84 Å². The third kappa shape index (κ3) is 2.77. The number of rotatable bonds is 2. The summed E-state index contributed by atoms with van der Waals surface area (Å²) in [7, 11) is 0. The topological polar surface area (TPSA) is 29.5 Å². The van der Waals surface area contributed by atoms with Crippen LogP contribution in [0, 0.1) is 0 Å². The van der Waals surface area contributed by atoms with Gasteiger partial charge in [0.25, 0.3) is 0 Å². The van der Waals surface area contributed by atoms with Crippen molar-refractivity contribution in [2.45, 2.75) is 13.2 Å². The molecule has 1 atom stereocenters. The molecule has 0 aliphatic carbocycles. The maximum Gasteiger partial charge on any atom is 0.194 e. The Labute approximate surface area is 87.8 Å². The summed E-state index contributed by atoms with van der Waals surface area (Å²) in [6, 6.07) is 5.53. The van der Waals surface area contributed by atoms with Gasteiger partial charge in [0, 0.05) is 4.47 Å². The van der Waals surface area contributed by atoms with E-state index in [0.29, 0.717) is 5.75 Å². The minimum absolute atomic E-state index is 0.624. The number of ether oxygens (including phenoxy) is 1. The lowest BCUT2D eigenvalue weighted by molar-refractivity contribution is -0.000899. The predicted octanol–water partition coefficient (Wildman–Crippen LogP) is 2.93. The monoisotopic (exact) mass is 294 g/mol. The summed E-state index contributed by atoms with van der Waals surface area (Å²) in [6.45, 7) is 1.56. The lowest BCUT2D eigenvalue weighted by atomic mass is 10.3. The molecule has 0 fully saturated rings. The zero-order chi connectivity index (χ0) is 9.14. The smallest absolute Gasteiger partial charge is 0.194 e. The molecule has 1 aromatic carbocycles. The van der Waals surface area contributed by atoms with E-state index in [0.717, 1.165) is 8.95 Å². The highest BCUT2D eigenvalue weighted by Gasteiger charge is 2.03. The molecule has 1 aromatic rings. The Morgan fingerprint density at radius 3 is 2.67 bits per heavy atom. The molecule has 1 rings (SSSR count). The Kier molecular flexibility index (Phi) is 3.55. The summed E-state index contributed by atoms with van der Waals surface area (Å²) in [4.78, 5) is 0. The van der Waals surface area contributed by atoms with Gasteiger partial charge in [0.05, 0.1) is 4.47 Å². The highest BCUT2D eigenvalue weighted by Crippen LogP contribution is 2.28. The molecule has 0 aliphatic heterocycles. The van der Waals surface area contributed by atoms with Gasteiger partial charge in [-0.3, -0.25) is 0 Å². The van der Waals surface area contributed by atoms with Gasteiger partial charge < -0.3 is 9.84 Å². The van der Waals surface area contributed by atoms with Gasteiger partial charge in [-0.1, -0.05) is 15.9 Å². The van der Waals surface area contributed by atoms with Gasteiger partial charge in [0.1, 0.15) is 5.75 Å². The van der Waals surface area contributed by atoms with Gasteiger partial charge in [-0.15, -0.1) is 0 Å². The number of aliphatic hydroxyl groups excluding tert-OH is 1. The van der Waals surface area contributed by atoms with Crippen molar-refractivity contribution in [1.82, 2.24) is 0 Å². The van der Waals surface area contributed by atoms with Crippen LogP contribution in [-0.4, -0.2) is 11.4 Å². The van der Waals surface area contributed by atoms with E-state index in [1.165, 1.54) is 0 Å². The summed E-state index contributed by atoms with van der Waals surface area (Å²) in [5, 5.41) is 8.96. The van der Waals surface area contributed by atoms with Crippen molar-refractivity contribution in [3.63, 3.8) is 0 Å². The van der Waals surface area contributed by atoms with E-state index in [1.807, 2.05) is 12.1 Å². The Morgan fingerprint density at radius 2 is 2.08 bits per heavy atom. The van der Waals surface area contributed by atoms with E-state index in [9.17, 15) is 0 Å². The molecule has 4 heteroatoms. The van der Waals surface area contributed by atoms with Crippen LogP contribution in [0.15, 0.2) is 27.1 Å². The molecular weight excluding hydrogens is 288 g/mol. The van der Waals surface area contributed by atoms with Crippen LogP contribution >= 0.6 is 31.9 Å². The van der Waals surface area contributed by atoms with Crippen molar-refractivity contribution in [1.29, 1.82) is 0 Å². The molecule has 1 unspecified atom stereocenters. The number of halogens is 2. The number of hydrogen-bond donors (Lipinski definition) is 1. The molecule has 0 radical (unpaired) electrons. The maximum absolute atomic E-state index is 8.96. The fourth-order valence-electron chi connectivity index (χ4n) is 0.751. The molecule has 0 bridgehead atoms. The molecule has 0 saturated heterocycles. The highest BCUT2D eigenvalue weighted by atomic mass is 79.9. The van der Waals surface area contributed by atoms with E-state index < -0.39 is 6.29 Å². The molecule has 1 N–H and O–H groups in total. The second-order valence-corrected chi connectivity index (χ2v) is 4.06. The summed E-state index contributed by atoms with van der Waals surface area (Å²) >= 11 is 6.61. The number of aliphatic hydroxyl groups is 1. The van der Waals surface area contributed by atoms with Gasteiger partial charge in [0.15, 0.2) is 6.29 Å². The average Bonchev–Trinajstić information content (AvgIpc) is 1.96. The zero-order valence-corrected chi connectivity index (χ0v) is 9.59. The van der Waals surface area contributed by atoms with Crippen LogP contribution in [0.4, 0.5) is 0 Å².